The molecule has 0 atom stereocenters. The molecule has 1 radical (unpaired) electrons. The van der Waals surface area contributed by atoms with E-state index in [-0.39, 0.29) is 31.6 Å². The Morgan fingerprint density at radius 3 is 2.14 bits per heavy atom. The molecule has 0 aliphatic carbocycles. The van der Waals surface area contributed by atoms with E-state index in [0.29, 0.717) is 0 Å². The number of hydrogen-bond acceptors (Lipinski definition) is 3. The number of hydrogen-bond donors (Lipinski definition) is 1. The van der Waals surface area contributed by atoms with E-state index in [4.69, 9.17) is 10.1 Å². The van der Waals surface area contributed by atoms with Gasteiger partial charge in [0.1, 0.15) is 0 Å². The smallest absolute Gasteiger partial charge is 0.155 e. The standard InChI is InChI=1S/C20H20N.C5H8O2.Ir/c1-12-6-7-19-18(11-12)15(4)16(5)20(21-19)17-9-13(2)8-14(3)10-17;1-4(6)3-5(2)7;/h6-9,11H,1-5H3;3,6H,1-2H3;/q-1;;/b;4-3-;. The van der Waals surface area contributed by atoms with Gasteiger partial charge in [0, 0.05) is 31.6 Å². The molecule has 0 saturated carbocycles. The van der Waals surface area contributed by atoms with E-state index in [2.05, 4.69) is 71.0 Å². The van der Waals surface area contributed by atoms with Gasteiger partial charge in [0.2, 0.25) is 0 Å². The first-order chi connectivity index (χ1) is 13.1. The number of benzene rings is 2. The Bertz CT molecular complexity index is 1040. The van der Waals surface area contributed by atoms with Gasteiger partial charge in [-0.2, -0.15) is 0 Å². The predicted octanol–water partition coefficient (Wildman–Crippen LogP) is 6.28. The van der Waals surface area contributed by atoms with Crippen LogP contribution < -0.4 is 0 Å². The summed E-state index contributed by atoms with van der Waals surface area (Å²) in [6.45, 7) is 13.5. The van der Waals surface area contributed by atoms with Gasteiger partial charge in [-0.15, -0.1) is 34.9 Å². The number of carbonyl (C=O) groups is 1. The van der Waals surface area contributed by atoms with Crippen LogP contribution in [0.5, 0.6) is 0 Å². The van der Waals surface area contributed by atoms with Crippen LogP contribution in [0.2, 0.25) is 0 Å². The van der Waals surface area contributed by atoms with E-state index in [1.54, 1.807) is 0 Å². The Labute approximate surface area is 187 Å². The van der Waals surface area contributed by atoms with Gasteiger partial charge in [0.05, 0.1) is 11.3 Å². The molecular formula is C25H28IrNO2-. The maximum Gasteiger partial charge on any atom is 0.155 e. The Balaban J connectivity index is 0.000000456. The van der Waals surface area contributed by atoms with Crippen LogP contribution in [0.25, 0.3) is 22.2 Å². The molecule has 0 amide bonds. The van der Waals surface area contributed by atoms with Crippen LogP contribution in [0.3, 0.4) is 0 Å². The largest absolute Gasteiger partial charge is 0.512 e. The topological polar surface area (TPSA) is 50.2 Å². The van der Waals surface area contributed by atoms with Crippen molar-refractivity contribution in [2.45, 2.75) is 48.5 Å². The number of allylic oxidation sites excluding steroid dienone is 2. The molecule has 3 rings (SSSR count). The summed E-state index contributed by atoms with van der Waals surface area (Å²) in [5, 5.41) is 9.61. The van der Waals surface area contributed by atoms with Crippen LogP contribution in [0.4, 0.5) is 0 Å². The van der Waals surface area contributed by atoms with E-state index >= 15 is 0 Å². The SMILES string of the molecule is CC(=O)/C=C(/C)O.Cc1[c-]c(-c2nc3ccc(C)cc3c(C)c2C)cc(C)c1.[Ir]. The number of aliphatic hydroxyl groups is 1. The number of aromatic nitrogens is 1. The third-order valence-electron chi connectivity index (χ3n) is 4.52. The van der Waals surface area contributed by atoms with E-state index in [1.807, 2.05) is 0 Å². The third kappa shape index (κ3) is 6.62. The first-order valence-corrected chi connectivity index (χ1v) is 9.35. The summed E-state index contributed by atoms with van der Waals surface area (Å²) in [5.74, 6) is -0.0625. The minimum atomic E-state index is -0.125. The summed E-state index contributed by atoms with van der Waals surface area (Å²) in [7, 11) is 0. The monoisotopic (exact) mass is 567 g/mol. The predicted molar refractivity (Wildman–Crippen MR) is 117 cm³/mol. The van der Waals surface area contributed by atoms with E-state index in [0.717, 1.165) is 22.3 Å². The average molecular weight is 567 g/mol. The van der Waals surface area contributed by atoms with Crippen molar-refractivity contribution in [1.82, 2.24) is 4.98 Å². The molecule has 0 spiro atoms. The van der Waals surface area contributed by atoms with Crippen molar-refractivity contribution < 1.29 is 30.0 Å². The molecule has 0 unspecified atom stereocenters. The third-order valence-corrected chi connectivity index (χ3v) is 4.52. The molecule has 1 aromatic heterocycles. The van der Waals surface area contributed by atoms with Gasteiger partial charge in [-0.05, 0) is 58.0 Å². The van der Waals surface area contributed by atoms with Gasteiger partial charge >= 0.3 is 0 Å². The molecule has 0 aliphatic heterocycles. The summed E-state index contributed by atoms with van der Waals surface area (Å²) in [4.78, 5) is 14.9. The molecule has 0 saturated heterocycles. The minimum Gasteiger partial charge on any atom is -0.512 e. The quantitative estimate of drug-likeness (QED) is 0.226. The van der Waals surface area contributed by atoms with Crippen LogP contribution >= 0.6 is 0 Å². The zero-order valence-corrected chi connectivity index (χ0v) is 20.5. The van der Waals surface area contributed by atoms with Gasteiger partial charge in [-0.3, -0.25) is 9.78 Å². The molecule has 0 fully saturated rings. The van der Waals surface area contributed by atoms with Gasteiger partial charge in [-0.1, -0.05) is 31.0 Å². The Kier molecular flexibility index (Phi) is 8.94. The van der Waals surface area contributed by atoms with Crippen LogP contribution in [0, 0.1) is 40.7 Å². The Hall–Kier alpha value is -2.29. The molecule has 155 valence electrons. The van der Waals surface area contributed by atoms with Gasteiger partial charge < -0.3 is 5.11 Å². The van der Waals surface area contributed by atoms with Crippen molar-refractivity contribution in [3.63, 3.8) is 0 Å². The van der Waals surface area contributed by atoms with Crippen LogP contribution in [0.1, 0.15) is 41.7 Å². The van der Waals surface area contributed by atoms with Crippen LogP contribution in [-0.2, 0) is 24.9 Å². The fourth-order valence-electron chi connectivity index (χ4n) is 3.21. The molecule has 1 heterocycles. The molecule has 4 heteroatoms. The summed E-state index contributed by atoms with van der Waals surface area (Å²) in [5.41, 5.74) is 9.45. The number of nitrogens with zero attached hydrogens (tertiary/aromatic N) is 1. The number of ketones is 1. The van der Waals surface area contributed by atoms with Gasteiger partial charge in [-0.25, -0.2) is 0 Å². The van der Waals surface area contributed by atoms with Crippen LogP contribution in [0.15, 0.2) is 42.2 Å². The first-order valence-electron chi connectivity index (χ1n) is 9.35. The van der Waals surface area contributed by atoms with Crippen LogP contribution in [-0.4, -0.2) is 15.9 Å². The second-order valence-corrected chi connectivity index (χ2v) is 7.38. The molecule has 0 bridgehead atoms. The number of aliphatic hydroxyl groups excluding tert-OH is 1. The molecule has 1 N–H and O–H groups in total. The van der Waals surface area contributed by atoms with Gasteiger partial charge in [0.25, 0.3) is 0 Å². The van der Waals surface area contributed by atoms with Crippen molar-refractivity contribution in [3.8, 4) is 11.3 Å². The zero-order valence-electron chi connectivity index (χ0n) is 18.1. The van der Waals surface area contributed by atoms with Crippen molar-refractivity contribution >= 4 is 16.7 Å². The summed E-state index contributed by atoms with van der Waals surface area (Å²) >= 11 is 0. The first kappa shape index (κ1) is 24.7. The molecule has 0 aliphatic rings. The van der Waals surface area contributed by atoms with Gasteiger partial charge in [0.15, 0.2) is 5.78 Å². The second-order valence-electron chi connectivity index (χ2n) is 7.38. The number of fused-ring (bicyclic) bond motifs is 1. The average Bonchev–Trinajstić information content (AvgIpc) is 2.57. The number of pyridine rings is 1. The van der Waals surface area contributed by atoms with E-state index < -0.39 is 0 Å². The second kappa shape index (κ2) is 10.5. The maximum atomic E-state index is 10.0. The zero-order chi connectivity index (χ0) is 21.0. The fraction of sp³-hybridized carbons (Fsp3) is 0.280. The van der Waals surface area contributed by atoms with Crippen molar-refractivity contribution in [3.05, 3.63) is 76.1 Å². The number of rotatable bonds is 2. The molecule has 3 nitrogen and oxygen atoms in total. The van der Waals surface area contributed by atoms with Crippen molar-refractivity contribution in [2.24, 2.45) is 0 Å². The van der Waals surface area contributed by atoms with E-state index in [1.165, 1.54) is 47.6 Å². The summed E-state index contributed by atoms with van der Waals surface area (Å²) < 4.78 is 0. The maximum absolute atomic E-state index is 10.0. The number of carbonyl (C=O) groups excluding carboxylic acids is 1. The normalized spacial score (nSPS) is 10.8. The summed E-state index contributed by atoms with van der Waals surface area (Å²) in [6.07, 6.45) is 1.17. The molecular weight excluding hydrogens is 538 g/mol. The number of aryl methyl sites for hydroxylation is 4. The van der Waals surface area contributed by atoms with Crippen molar-refractivity contribution in [1.29, 1.82) is 0 Å². The molecule has 3 aromatic rings. The van der Waals surface area contributed by atoms with Crippen molar-refractivity contribution in [2.75, 3.05) is 0 Å². The van der Waals surface area contributed by atoms with E-state index in [9.17, 15) is 4.79 Å². The molecule has 29 heavy (non-hydrogen) atoms. The minimum absolute atomic E-state index is 0. The summed E-state index contributed by atoms with van der Waals surface area (Å²) in [6, 6.07) is 14.2. The Morgan fingerprint density at radius 2 is 1.62 bits per heavy atom. The fourth-order valence-corrected chi connectivity index (χ4v) is 3.21. The Morgan fingerprint density at radius 1 is 0.966 bits per heavy atom. The molecule has 2 aromatic carbocycles.